The highest BCUT2D eigenvalue weighted by Crippen LogP contribution is 2.20. The summed E-state index contributed by atoms with van der Waals surface area (Å²) in [7, 11) is 3.48. The minimum atomic E-state index is -0.0205. The number of rotatable bonds is 6. The molecular formula is C21H29ClIN5O2. The van der Waals surface area contributed by atoms with E-state index >= 15 is 0 Å². The number of furan rings is 1. The Morgan fingerprint density at radius 1 is 1.20 bits per heavy atom. The normalized spacial score (nSPS) is 14.3. The van der Waals surface area contributed by atoms with E-state index in [1.165, 1.54) is 0 Å². The predicted molar refractivity (Wildman–Crippen MR) is 132 cm³/mol. The van der Waals surface area contributed by atoms with Crippen LogP contribution < -0.4 is 10.2 Å². The Hall–Kier alpha value is -1.94. The molecule has 1 fully saturated rings. The van der Waals surface area contributed by atoms with Crippen molar-refractivity contribution >= 4 is 53.1 Å². The zero-order valence-corrected chi connectivity index (χ0v) is 20.5. The molecule has 7 nitrogen and oxygen atoms in total. The summed E-state index contributed by atoms with van der Waals surface area (Å²) in [6, 6.07) is 11.8. The van der Waals surface area contributed by atoms with Crippen molar-refractivity contribution in [3.63, 3.8) is 0 Å². The summed E-state index contributed by atoms with van der Waals surface area (Å²) in [5.74, 6) is 1.66. The molecule has 1 N–H and O–H groups in total. The molecular weight excluding hydrogens is 517 g/mol. The SMILES string of the molecule is CN(C)C(=O)CN=C(NCCc1ccco1)N1CCN(c2cccc(Cl)c2)CC1.I. The van der Waals surface area contributed by atoms with Crippen LogP contribution in [0.25, 0.3) is 0 Å². The maximum absolute atomic E-state index is 12.0. The molecule has 0 aliphatic carbocycles. The average Bonchev–Trinajstić information content (AvgIpc) is 3.24. The van der Waals surface area contributed by atoms with Gasteiger partial charge < -0.3 is 24.4 Å². The van der Waals surface area contributed by atoms with Crippen LogP contribution in [0.15, 0.2) is 52.1 Å². The number of hydrogen-bond acceptors (Lipinski definition) is 4. The van der Waals surface area contributed by atoms with Crippen molar-refractivity contribution in [1.82, 2.24) is 15.1 Å². The summed E-state index contributed by atoms with van der Waals surface area (Å²) in [6.45, 7) is 4.17. The zero-order valence-electron chi connectivity index (χ0n) is 17.4. The molecule has 1 amide bonds. The lowest BCUT2D eigenvalue weighted by Gasteiger charge is -2.37. The Bertz CT molecular complexity index is 821. The second-order valence-corrected chi connectivity index (χ2v) is 7.57. The largest absolute Gasteiger partial charge is 0.469 e. The number of nitrogens with one attached hydrogen (secondary N) is 1. The molecule has 0 radical (unpaired) electrons. The summed E-state index contributed by atoms with van der Waals surface area (Å²) >= 11 is 6.13. The molecule has 1 aliphatic heterocycles. The molecule has 0 spiro atoms. The summed E-state index contributed by atoms with van der Waals surface area (Å²) in [4.78, 5) is 22.6. The number of carbonyl (C=O) groups is 1. The highest BCUT2D eigenvalue weighted by Gasteiger charge is 2.20. The third-order valence-corrected chi connectivity index (χ3v) is 5.09. The van der Waals surface area contributed by atoms with Crippen LogP contribution >= 0.6 is 35.6 Å². The average molecular weight is 546 g/mol. The highest BCUT2D eigenvalue weighted by molar-refractivity contribution is 14.0. The van der Waals surface area contributed by atoms with Gasteiger partial charge in [-0.1, -0.05) is 17.7 Å². The predicted octanol–water partition coefficient (Wildman–Crippen LogP) is 2.95. The second-order valence-electron chi connectivity index (χ2n) is 7.14. The van der Waals surface area contributed by atoms with E-state index in [4.69, 9.17) is 16.0 Å². The molecule has 30 heavy (non-hydrogen) atoms. The summed E-state index contributed by atoms with van der Waals surface area (Å²) in [6.07, 6.45) is 2.44. The molecule has 2 aromatic rings. The number of piperazine rings is 1. The van der Waals surface area contributed by atoms with Crippen molar-refractivity contribution in [3.05, 3.63) is 53.4 Å². The number of benzene rings is 1. The lowest BCUT2D eigenvalue weighted by atomic mass is 10.2. The van der Waals surface area contributed by atoms with Gasteiger partial charge in [-0.15, -0.1) is 24.0 Å². The van der Waals surface area contributed by atoms with Crippen LogP contribution in [-0.4, -0.2) is 75.0 Å². The van der Waals surface area contributed by atoms with E-state index in [1.54, 1.807) is 25.3 Å². The molecule has 0 atom stereocenters. The van der Waals surface area contributed by atoms with Gasteiger partial charge in [0.2, 0.25) is 5.91 Å². The van der Waals surface area contributed by atoms with E-state index in [0.717, 1.165) is 55.0 Å². The first-order valence-corrected chi connectivity index (χ1v) is 10.2. The molecule has 1 aromatic heterocycles. The topological polar surface area (TPSA) is 64.3 Å². The number of nitrogens with zero attached hydrogens (tertiary/aromatic N) is 4. The first-order valence-electron chi connectivity index (χ1n) is 9.79. The molecule has 2 heterocycles. The number of aliphatic imine (C=N–C) groups is 1. The molecule has 164 valence electrons. The van der Waals surface area contributed by atoms with Gasteiger partial charge >= 0.3 is 0 Å². The van der Waals surface area contributed by atoms with Gasteiger partial charge in [0.25, 0.3) is 0 Å². The van der Waals surface area contributed by atoms with Gasteiger partial charge in [0, 0.05) is 63.9 Å². The quantitative estimate of drug-likeness (QED) is 0.344. The molecule has 0 saturated carbocycles. The van der Waals surface area contributed by atoms with Gasteiger partial charge in [-0.2, -0.15) is 0 Å². The van der Waals surface area contributed by atoms with Crippen LogP contribution in [0.4, 0.5) is 5.69 Å². The van der Waals surface area contributed by atoms with Crippen LogP contribution in [-0.2, 0) is 11.2 Å². The number of anilines is 1. The van der Waals surface area contributed by atoms with Gasteiger partial charge in [0.1, 0.15) is 12.3 Å². The minimum absolute atomic E-state index is 0. The van der Waals surface area contributed by atoms with Crippen molar-refractivity contribution in [3.8, 4) is 0 Å². The lowest BCUT2D eigenvalue weighted by molar-refractivity contribution is -0.127. The number of guanidine groups is 1. The fourth-order valence-corrected chi connectivity index (χ4v) is 3.34. The van der Waals surface area contributed by atoms with E-state index < -0.39 is 0 Å². The highest BCUT2D eigenvalue weighted by atomic mass is 127. The maximum Gasteiger partial charge on any atom is 0.243 e. The van der Waals surface area contributed by atoms with Gasteiger partial charge in [-0.05, 0) is 30.3 Å². The van der Waals surface area contributed by atoms with E-state index in [9.17, 15) is 4.79 Å². The number of halogens is 2. The van der Waals surface area contributed by atoms with Gasteiger partial charge in [-0.3, -0.25) is 4.79 Å². The van der Waals surface area contributed by atoms with Crippen molar-refractivity contribution in [1.29, 1.82) is 0 Å². The Morgan fingerprint density at radius 2 is 1.97 bits per heavy atom. The molecule has 1 aliphatic rings. The summed E-state index contributed by atoms with van der Waals surface area (Å²) < 4.78 is 5.39. The Labute approximate surface area is 200 Å². The Balaban J connectivity index is 0.00000320. The number of hydrogen-bond donors (Lipinski definition) is 1. The van der Waals surface area contributed by atoms with Crippen LogP contribution in [0.2, 0.25) is 5.02 Å². The van der Waals surface area contributed by atoms with E-state index in [2.05, 4.69) is 26.2 Å². The van der Waals surface area contributed by atoms with Crippen LogP contribution in [0, 0.1) is 0 Å². The maximum atomic E-state index is 12.0. The number of carbonyl (C=O) groups excluding carboxylic acids is 1. The summed E-state index contributed by atoms with van der Waals surface area (Å²) in [5, 5.41) is 4.14. The van der Waals surface area contributed by atoms with E-state index in [0.29, 0.717) is 6.54 Å². The molecule has 1 saturated heterocycles. The van der Waals surface area contributed by atoms with E-state index in [1.807, 2.05) is 30.3 Å². The Kier molecular flexibility index (Phi) is 9.77. The standard InChI is InChI=1S/C21H28ClN5O2.HI/c1-25(2)20(28)16-24-21(23-9-8-19-7-4-14-29-19)27-12-10-26(11-13-27)18-6-3-5-17(22)15-18;/h3-7,14-15H,8-13,16H2,1-2H3,(H,23,24);1H. The van der Waals surface area contributed by atoms with Gasteiger partial charge in [0.15, 0.2) is 5.96 Å². The smallest absolute Gasteiger partial charge is 0.243 e. The molecule has 0 unspecified atom stereocenters. The Morgan fingerprint density at radius 3 is 2.60 bits per heavy atom. The van der Waals surface area contributed by atoms with Crippen molar-refractivity contribution in [2.45, 2.75) is 6.42 Å². The molecule has 0 bridgehead atoms. The molecule has 3 rings (SSSR count). The number of likely N-dealkylation sites (N-methyl/N-ethyl adjacent to an activating group) is 1. The molecule has 1 aromatic carbocycles. The van der Waals surface area contributed by atoms with Crippen LogP contribution in [0.5, 0.6) is 0 Å². The van der Waals surface area contributed by atoms with Crippen molar-refractivity contribution in [2.75, 3.05) is 58.3 Å². The third kappa shape index (κ3) is 7.09. The zero-order chi connectivity index (χ0) is 20.6. The van der Waals surface area contributed by atoms with Crippen molar-refractivity contribution in [2.24, 2.45) is 4.99 Å². The van der Waals surface area contributed by atoms with E-state index in [-0.39, 0.29) is 36.4 Å². The lowest BCUT2D eigenvalue weighted by Crippen LogP contribution is -2.53. The number of amides is 1. The minimum Gasteiger partial charge on any atom is -0.469 e. The first-order chi connectivity index (χ1) is 14.0. The second kappa shape index (κ2) is 12.0. The summed E-state index contributed by atoms with van der Waals surface area (Å²) in [5.41, 5.74) is 1.13. The first kappa shape index (κ1) is 24.3. The fourth-order valence-electron chi connectivity index (χ4n) is 3.15. The fraction of sp³-hybridized carbons (Fsp3) is 0.429. The third-order valence-electron chi connectivity index (χ3n) is 4.85. The van der Waals surface area contributed by atoms with Crippen molar-refractivity contribution < 1.29 is 9.21 Å². The van der Waals surface area contributed by atoms with Gasteiger partial charge in [0.05, 0.1) is 6.26 Å². The molecule has 9 heteroatoms. The monoisotopic (exact) mass is 545 g/mol. The van der Waals surface area contributed by atoms with Crippen LogP contribution in [0.1, 0.15) is 5.76 Å². The van der Waals surface area contributed by atoms with Crippen LogP contribution in [0.3, 0.4) is 0 Å². The van der Waals surface area contributed by atoms with Gasteiger partial charge in [-0.25, -0.2) is 4.99 Å².